The summed E-state index contributed by atoms with van der Waals surface area (Å²) in [6, 6.07) is 7.66. The van der Waals surface area contributed by atoms with Crippen LogP contribution in [0.5, 0.6) is 0 Å². The molecule has 0 saturated heterocycles. The molecule has 4 nitrogen and oxygen atoms in total. The van der Waals surface area contributed by atoms with E-state index in [1.54, 1.807) is 0 Å². The van der Waals surface area contributed by atoms with E-state index in [-0.39, 0.29) is 11.9 Å². The number of nitrogens with one attached hydrogen (secondary N) is 2. The van der Waals surface area contributed by atoms with Crippen molar-refractivity contribution >= 4 is 16.8 Å². The van der Waals surface area contributed by atoms with E-state index < -0.39 is 0 Å². The molecule has 0 aliphatic rings. The number of benzene rings is 1. The molecule has 2 rings (SSSR count). The van der Waals surface area contributed by atoms with Crippen LogP contribution in [0.1, 0.15) is 23.7 Å². The van der Waals surface area contributed by atoms with Crippen LogP contribution in [-0.4, -0.2) is 23.5 Å². The zero-order chi connectivity index (χ0) is 12.3. The van der Waals surface area contributed by atoms with Gasteiger partial charge in [0.25, 0.3) is 5.91 Å². The summed E-state index contributed by atoms with van der Waals surface area (Å²) in [5.74, 6) is -0.0737. The average Bonchev–Trinajstić information content (AvgIpc) is 2.83. The van der Waals surface area contributed by atoms with Gasteiger partial charge in [0.05, 0.1) is 11.1 Å². The maximum atomic E-state index is 12.1. The lowest BCUT2D eigenvalue weighted by Crippen LogP contribution is -2.39. The van der Waals surface area contributed by atoms with Crippen molar-refractivity contribution in [2.24, 2.45) is 5.73 Å². The molecule has 1 aromatic carbocycles. The highest BCUT2D eigenvalue weighted by Gasteiger charge is 2.13. The van der Waals surface area contributed by atoms with Crippen LogP contribution in [0.2, 0.25) is 0 Å². The highest BCUT2D eigenvalue weighted by molar-refractivity contribution is 6.05. The van der Waals surface area contributed by atoms with Gasteiger partial charge in [0, 0.05) is 24.2 Å². The molecule has 0 spiro atoms. The van der Waals surface area contributed by atoms with Gasteiger partial charge in [0.15, 0.2) is 0 Å². The maximum absolute atomic E-state index is 12.1. The molecule has 2 aromatic rings. The average molecular weight is 231 g/mol. The van der Waals surface area contributed by atoms with Gasteiger partial charge in [-0.3, -0.25) is 4.79 Å². The fraction of sp³-hybridized carbons (Fsp3) is 0.308. The summed E-state index contributed by atoms with van der Waals surface area (Å²) in [6.45, 7) is 2.47. The minimum Gasteiger partial charge on any atom is -0.361 e. The van der Waals surface area contributed by atoms with Gasteiger partial charge >= 0.3 is 0 Å². The van der Waals surface area contributed by atoms with Crippen molar-refractivity contribution in [3.63, 3.8) is 0 Å². The van der Waals surface area contributed by atoms with Crippen LogP contribution >= 0.6 is 0 Å². The van der Waals surface area contributed by atoms with Crippen LogP contribution < -0.4 is 11.1 Å². The van der Waals surface area contributed by atoms with Crippen molar-refractivity contribution in [1.82, 2.24) is 10.3 Å². The van der Waals surface area contributed by atoms with E-state index in [1.165, 1.54) is 0 Å². The number of aromatic amines is 1. The van der Waals surface area contributed by atoms with Crippen LogP contribution in [-0.2, 0) is 0 Å². The monoisotopic (exact) mass is 231 g/mol. The van der Waals surface area contributed by atoms with Crippen LogP contribution in [0.25, 0.3) is 10.9 Å². The summed E-state index contributed by atoms with van der Waals surface area (Å²) in [6.07, 6.45) is 2.67. The Morgan fingerprint density at radius 1 is 1.47 bits per heavy atom. The third-order valence-corrected chi connectivity index (χ3v) is 2.94. The van der Waals surface area contributed by atoms with Crippen molar-refractivity contribution in [2.75, 3.05) is 6.54 Å². The Morgan fingerprint density at radius 3 is 3.00 bits per heavy atom. The molecule has 0 radical (unpaired) electrons. The molecule has 1 unspecified atom stereocenters. The molecule has 0 fully saturated rings. The van der Waals surface area contributed by atoms with Crippen molar-refractivity contribution in [3.05, 3.63) is 36.0 Å². The predicted molar refractivity (Wildman–Crippen MR) is 68.9 cm³/mol. The van der Waals surface area contributed by atoms with Gasteiger partial charge in [0.1, 0.15) is 0 Å². The van der Waals surface area contributed by atoms with Crippen LogP contribution in [0.3, 0.4) is 0 Å². The number of H-pyrrole nitrogens is 1. The minimum atomic E-state index is -0.0737. The van der Waals surface area contributed by atoms with Crippen molar-refractivity contribution in [3.8, 4) is 0 Å². The first-order valence-electron chi connectivity index (χ1n) is 5.83. The second-order valence-electron chi connectivity index (χ2n) is 4.06. The van der Waals surface area contributed by atoms with E-state index in [0.29, 0.717) is 12.1 Å². The molecule has 1 atom stereocenters. The molecule has 0 saturated carbocycles. The fourth-order valence-corrected chi connectivity index (χ4v) is 1.86. The number of para-hydroxylation sites is 1. The number of nitrogens with two attached hydrogens (primary N) is 1. The second-order valence-corrected chi connectivity index (χ2v) is 4.06. The third-order valence-electron chi connectivity index (χ3n) is 2.94. The zero-order valence-electron chi connectivity index (χ0n) is 9.86. The summed E-state index contributed by atoms with van der Waals surface area (Å²) in [7, 11) is 0. The summed E-state index contributed by atoms with van der Waals surface area (Å²) < 4.78 is 0. The molecule has 1 amide bonds. The molecular weight excluding hydrogens is 214 g/mol. The zero-order valence-corrected chi connectivity index (χ0v) is 9.86. The lowest BCUT2D eigenvalue weighted by atomic mass is 10.1. The topological polar surface area (TPSA) is 70.9 Å². The highest BCUT2D eigenvalue weighted by Crippen LogP contribution is 2.16. The van der Waals surface area contributed by atoms with Gasteiger partial charge in [-0.15, -0.1) is 0 Å². The van der Waals surface area contributed by atoms with Crippen LogP contribution in [0.15, 0.2) is 30.5 Å². The Balaban J connectivity index is 2.27. The van der Waals surface area contributed by atoms with Gasteiger partial charge in [-0.2, -0.15) is 0 Å². The van der Waals surface area contributed by atoms with E-state index in [1.807, 2.05) is 37.4 Å². The molecule has 0 bridgehead atoms. The van der Waals surface area contributed by atoms with E-state index in [0.717, 1.165) is 17.3 Å². The summed E-state index contributed by atoms with van der Waals surface area (Å²) in [5.41, 5.74) is 7.12. The lowest BCUT2D eigenvalue weighted by molar-refractivity contribution is 0.0938. The number of fused-ring (bicyclic) bond motifs is 1. The minimum absolute atomic E-state index is 0.0349. The molecule has 4 N–H and O–H groups in total. The Hall–Kier alpha value is -1.81. The number of rotatable bonds is 4. The Labute approximate surface area is 100 Å². The number of hydrogen-bond donors (Lipinski definition) is 3. The highest BCUT2D eigenvalue weighted by atomic mass is 16.1. The Morgan fingerprint density at radius 2 is 2.29 bits per heavy atom. The van der Waals surface area contributed by atoms with Gasteiger partial charge in [-0.05, 0) is 18.6 Å². The quantitative estimate of drug-likeness (QED) is 0.748. The summed E-state index contributed by atoms with van der Waals surface area (Å²) in [4.78, 5) is 15.2. The second kappa shape index (κ2) is 5.01. The first-order chi connectivity index (χ1) is 8.26. The largest absolute Gasteiger partial charge is 0.361 e. The maximum Gasteiger partial charge on any atom is 0.253 e. The predicted octanol–water partition coefficient (Wildman–Crippen LogP) is 1.63. The number of hydrogen-bond acceptors (Lipinski definition) is 2. The van der Waals surface area contributed by atoms with E-state index in [2.05, 4.69) is 10.3 Å². The smallest absolute Gasteiger partial charge is 0.253 e. The first-order valence-corrected chi connectivity index (χ1v) is 5.83. The van der Waals surface area contributed by atoms with Gasteiger partial charge in [0.2, 0.25) is 0 Å². The molecule has 1 heterocycles. The first kappa shape index (κ1) is 11.7. The number of carbonyl (C=O) groups excluding carboxylic acids is 1. The summed E-state index contributed by atoms with van der Waals surface area (Å²) in [5, 5.41) is 3.97. The van der Waals surface area contributed by atoms with Crippen LogP contribution in [0, 0.1) is 0 Å². The Bertz CT molecular complexity index is 514. The SMILES string of the molecule is CCC(CN)NC(=O)c1cccc2cc[nH]c12. The standard InChI is InChI=1S/C13H17N3O/c1-2-10(8-14)16-13(17)11-5-3-4-9-6-7-15-12(9)11/h3-7,10,15H,2,8,14H2,1H3,(H,16,17). The van der Waals surface area contributed by atoms with E-state index in [9.17, 15) is 4.79 Å². The van der Waals surface area contributed by atoms with Crippen molar-refractivity contribution in [2.45, 2.75) is 19.4 Å². The lowest BCUT2D eigenvalue weighted by Gasteiger charge is -2.14. The van der Waals surface area contributed by atoms with Gasteiger partial charge < -0.3 is 16.0 Å². The third kappa shape index (κ3) is 2.31. The number of amides is 1. The molecule has 4 heteroatoms. The molecule has 90 valence electrons. The van der Waals surface area contributed by atoms with Gasteiger partial charge in [-0.1, -0.05) is 19.1 Å². The van der Waals surface area contributed by atoms with Crippen LogP contribution in [0.4, 0.5) is 0 Å². The molecule has 0 aliphatic heterocycles. The Kier molecular flexibility index (Phi) is 3.44. The van der Waals surface area contributed by atoms with E-state index in [4.69, 9.17) is 5.73 Å². The van der Waals surface area contributed by atoms with E-state index >= 15 is 0 Å². The van der Waals surface area contributed by atoms with Crippen molar-refractivity contribution < 1.29 is 4.79 Å². The number of carbonyl (C=O) groups is 1. The fourth-order valence-electron chi connectivity index (χ4n) is 1.86. The molecule has 1 aromatic heterocycles. The number of aromatic nitrogens is 1. The summed E-state index contributed by atoms with van der Waals surface area (Å²) >= 11 is 0. The normalized spacial score (nSPS) is 12.6. The molecule has 0 aliphatic carbocycles. The van der Waals surface area contributed by atoms with Gasteiger partial charge in [-0.25, -0.2) is 0 Å². The molecular formula is C13H17N3O. The van der Waals surface area contributed by atoms with Crippen molar-refractivity contribution in [1.29, 1.82) is 0 Å². The molecule has 17 heavy (non-hydrogen) atoms.